The quantitative estimate of drug-likeness (QED) is 0.896. The van der Waals surface area contributed by atoms with Crippen LogP contribution in [-0.2, 0) is 9.47 Å². The number of ether oxygens (including phenoxy) is 2. The Morgan fingerprint density at radius 3 is 2.71 bits per heavy atom. The predicted octanol–water partition coefficient (Wildman–Crippen LogP) is 2.03. The van der Waals surface area contributed by atoms with E-state index < -0.39 is 5.79 Å². The van der Waals surface area contributed by atoms with Crippen LogP contribution in [0.25, 0.3) is 0 Å². The van der Waals surface area contributed by atoms with E-state index in [1.165, 1.54) is 19.3 Å². The highest BCUT2D eigenvalue weighted by molar-refractivity contribution is 5.48. The lowest BCUT2D eigenvalue weighted by atomic mass is 10.1. The van der Waals surface area contributed by atoms with Gasteiger partial charge in [-0.25, -0.2) is 9.97 Å². The molecule has 0 aromatic carbocycles. The van der Waals surface area contributed by atoms with E-state index in [9.17, 15) is 0 Å². The van der Waals surface area contributed by atoms with Crippen LogP contribution in [0.15, 0.2) is 12.4 Å². The number of aromatic nitrogens is 2. The third kappa shape index (κ3) is 3.83. The Kier molecular flexibility index (Phi) is 4.55. The molecule has 0 unspecified atom stereocenters. The van der Waals surface area contributed by atoms with Crippen LogP contribution < -0.4 is 10.2 Å². The fourth-order valence-electron chi connectivity index (χ4n) is 2.86. The van der Waals surface area contributed by atoms with E-state index in [4.69, 9.17) is 9.47 Å². The third-order valence-electron chi connectivity index (χ3n) is 4.12. The summed E-state index contributed by atoms with van der Waals surface area (Å²) >= 11 is 0. The molecule has 0 atom stereocenters. The van der Waals surface area contributed by atoms with Crippen molar-refractivity contribution in [3.63, 3.8) is 0 Å². The molecule has 2 aliphatic heterocycles. The van der Waals surface area contributed by atoms with Crippen LogP contribution in [0, 0.1) is 0 Å². The van der Waals surface area contributed by atoms with Gasteiger partial charge in [0.2, 0.25) is 0 Å². The van der Waals surface area contributed by atoms with Gasteiger partial charge in [0.25, 0.3) is 0 Å². The molecule has 6 heteroatoms. The van der Waals surface area contributed by atoms with E-state index in [0.717, 1.165) is 37.7 Å². The van der Waals surface area contributed by atoms with Crippen LogP contribution in [0.5, 0.6) is 0 Å². The van der Waals surface area contributed by atoms with Gasteiger partial charge in [0.15, 0.2) is 5.79 Å². The van der Waals surface area contributed by atoms with Crippen LogP contribution in [0.3, 0.4) is 0 Å². The van der Waals surface area contributed by atoms with Crippen molar-refractivity contribution in [3.8, 4) is 0 Å². The Bertz CT molecular complexity index is 457. The van der Waals surface area contributed by atoms with E-state index >= 15 is 0 Å². The SMILES string of the molecule is CC1(CCNc2cc(N3CCCCC3)ncn2)OCCO1. The zero-order valence-electron chi connectivity index (χ0n) is 12.7. The highest BCUT2D eigenvalue weighted by atomic mass is 16.7. The minimum absolute atomic E-state index is 0.449. The number of nitrogens with zero attached hydrogens (tertiary/aromatic N) is 3. The molecule has 0 amide bonds. The number of piperidine rings is 1. The van der Waals surface area contributed by atoms with E-state index in [1.807, 2.05) is 13.0 Å². The summed E-state index contributed by atoms with van der Waals surface area (Å²) in [7, 11) is 0. The molecule has 21 heavy (non-hydrogen) atoms. The summed E-state index contributed by atoms with van der Waals surface area (Å²) in [6, 6.07) is 2.03. The van der Waals surface area contributed by atoms with Crippen LogP contribution >= 0.6 is 0 Å². The van der Waals surface area contributed by atoms with Crippen molar-refractivity contribution in [2.75, 3.05) is 43.1 Å². The second-order valence-corrected chi connectivity index (χ2v) is 5.82. The molecule has 0 bridgehead atoms. The maximum Gasteiger partial charge on any atom is 0.167 e. The Hall–Kier alpha value is -1.40. The van der Waals surface area contributed by atoms with Gasteiger partial charge in [0.05, 0.1) is 13.2 Å². The molecule has 1 aromatic heterocycles. The topological polar surface area (TPSA) is 59.5 Å². The summed E-state index contributed by atoms with van der Waals surface area (Å²) in [6.45, 7) is 6.31. The summed E-state index contributed by atoms with van der Waals surface area (Å²) in [5.41, 5.74) is 0. The standard InChI is InChI=1S/C15H24N4O2/c1-15(20-9-10-21-15)5-6-16-13-11-14(18-12-17-13)19-7-3-2-4-8-19/h11-12H,2-10H2,1H3,(H,16,17,18). The Labute approximate surface area is 125 Å². The number of hydrogen-bond donors (Lipinski definition) is 1. The lowest BCUT2D eigenvalue weighted by molar-refractivity contribution is -0.144. The maximum atomic E-state index is 5.59. The molecule has 2 fully saturated rings. The second kappa shape index (κ2) is 6.58. The third-order valence-corrected chi connectivity index (χ3v) is 4.12. The molecule has 116 valence electrons. The highest BCUT2D eigenvalue weighted by Crippen LogP contribution is 2.23. The molecule has 0 aliphatic carbocycles. The van der Waals surface area contributed by atoms with Crippen molar-refractivity contribution < 1.29 is 9.47 Å². The Balaban J connectivity index is 1.53. The molecule has 3 rings (SSSR count). The molecule has 0 saturated carbocycles. The van der Waals surface area contributed by atoms with Crippen LogP contribution in [0.1, 0.15) is 32.6 Å². The van der Waals surface area contributed by atoms with Gasteiger partial charge in [-0.05, 0) is 26.2 Å². The summed E-state index contributed by atoms with van der Waals surface area (Å²) in [5.74, 6) is 1.44. The minimum Gasteiger partial charge on any atom is -0.370 e. The zero-order valence-corrected chi connectivity index (χ0v) is 12.7. The van der Waals surface area contributed by atoms with Gasteiger partial charge in [0, 0.05) is 32.1 Å². The van der Waals surface area contributed by atoms with Crippen molar-refractivity contribution in [1.29, 1.82) is 0 Å². The largest absolute Gasteiger partial charge is 0.370 e. The highest BCUT2D eigenvalue weighted by Gasteiger charge is 2.30. The molecule has 2 aliphatic rings. The number of nitrogens with one attached hydrogen (secondary N) is 1. The van der Waals surface area contributed by atoms with Crippen LogP contribution in [0.4, 0.5) is 11.6 Å². The van der Waals surface area contributed by atoms with Gasteiger partial charge in [0.1, 0.15) is 18.0 Å². The minimum atomic E-state index is -0.449. The first-order valence-corrected chi connectivity index (χ1v) is 7.84. The van der Waals surface area contributed by atoms with Crippen molar-refractivity contribution >= 4 is 11.6 Å². The number of anilines is 2. The second-order valence-electron chi connectivity index (χ2n) is 5.82. The summed E-state index contributed by atoms with van der Waals surface area (Å²) in [5, 5.41) is 3.34. The predicted molar refractivity (Wildman–Crippen MR) is 81.5 cm³/mol. The van der Waals surface area contributed by atoms with Crippen molar-refractivity contribution in [2.45, 2.75) is 38.4 Å². The molecular formula is C15H24N4O2. The number of rotatable bonds is 5. The molecule has 0 radical (unpaired) electrons. The lowest BCUT2D eigenvalue weighted by Crippen LogP contribution is -2.30. The van der Waals surface area contributed by atoms with Gasteiger partial charge in [-0.15, -0.1) is 0 Å². The molecule has 1 N–H and O–H groups in total. The van der Waals surface area contributed by atoms with E-state index in [-0.39, 0.29) is 0 Å². The van der Waals surface area contributed by atoms with Crippen molar-refractivity contribution in [1.82, 2.24) is 9.97 Å². The first-order valence-electron chi connectivity index (χ1n) is 7.84. The summed E-state index contributed by atoms with van der Waals surface area (Å²) in [4.78, 5) is 11.0. The monoisotopic (exact) mass is 292 g/mol. The fourth-order valence-corrected chi connectivity index (χ4v) is 2.86. The number of hydrogen-bond acceptors (Lipinski definition) is 6. The van der Waals surface area contributed by atoms with Gasteiger partial charge >= 0.3 is 0 Å². The smallest absolute Gasteiger partial charge is 0.167 e. The maximum absolute atomic E-state index is 5.59. The summed E-state index contributed by atoms with van der Waals surface area (Å²) in [6.07, 6.45) is 6.26. The summed E-state index contributed by atoms with van der Waals surface area (Å²) < 4.78 is 11.2. The average molecular weight is 292 g/mol. The van der Waals surface area contributed by atoms with Crippen molar-refractivity contribution in [2.24, 2.45) is 0 Å². The molecule has 3 heterocycles. The van der Waals surface area contributed by atoms with E-state index in [1.54, 1.807) is 6.33 Å². The van der Waals surface area contributed by atoms with E-state index in [2.05, 4.69) is 20.2 Å². The van der Waals surface area contributed by atoms with Crippen LogP contribution in [0.2, 0.25) is 0 Å². The first kappa shape index (κ1) is 14.5. The zero-order chi connectivity index (χ0) is 14.5. The van der Waals surface area contributed by atoms with Crippen LogP contribution in [-0.4, -0.2) is 48.6 Å². The van der Waals surface area contributed by atoms with E-state index in [0.29, 0.717) is 13.2 Å². The van der Waals surface area contributed by atoms with Crippen molar-refractivity contribution in [3.05, 3.63) is 12.4 Å². The molecule has 6 nitrogen and oxygen atoms in total. The molecule has 0 spiro atoms. The Morgan fingerprint density at radius 1 is 1.19 bits per heavy atom. The first-order chi connectivity index (χ1) is 10.3. The molecular weight excluding hydrogens is 268 g/mol. The molecule has 1 aromatic rings. The fraction of sp³-hybridized carbons (Fsp3) is 0.733. The Morgan fingerprint density at radius 2 is 1.95 bits per heavy atom. The van der Waals surface area contributed by atoms with Gasteiger partial charge in [-0.2, -0.15) is 0 Å². The van der Waals surface area contributed by atoms with Gasteiger partial charge < -0.3 is 19.7 Å². The molecule has 2 saturated heterocycles. The van der Waals surface area contributed by atoms with Gasteiger partial charge in [-0.1, -0.05) is 0 Å². The van der Waals surface area contributed by atoms with Gasteiger partial charge in [-0.3, -0.25) is 0 Å². The average Bonchev–Trinajstić information content (AvgIpc) is 2.95. The normalized spacial score (nSPS) is 21.5. The lowest BCUT2D eigenvalue weighted by Gasteiger charge is -2.27.